The maximum atomic E-state index is 7.73. The van der Waals surface area contributed by atoms with E-state index >= 15 is 0 Å². The third-order valence-corrected chi connectivity index (χ3v) is 3.39. The molecule has 0 bridgehead atoms. The Morgan fingerprint density at radius 1 is 1.05 bits per heavy atom. The summed E-state index contributed by atoms with van der Waals surface area (Å²) in [6.07, 6.45) is 0. The average molecular weight is 267 g/mol. The zero-order valence-electron chi connectivity index (χ0n) is 12.3. The van der Waals surface area contributed by atoms with Gasteiger partial charge in [-0.15, -0.1) is 0 Å². The second-order valence-corrected chi connectivity index (χ2v) is 5.28. The lowest BCUT2D eigenvalue weighted by atomic mass is 10.1. The van der Waals surface area contributed by atoms with E-state index in [1.54, 1.807) is 0 Å². The van der Waals surface area contributed by atoms with Gasteiger partial charge < -0.3 is 10.6 Å². The molecule has 3 N–H and O–H groups in total. The van der Waals surface area contributed by atoms with E-state index in [1.165, 1.54) is 11.1 Å². The van der Waals surface area contributed by atoms with Gasteiger partial charge in [0.15, 0.2) is 0 Å². The first-order chi connectivity index (χ1) is 9.47. The van der Waals surface area contributed by atoms with Crippen LogP contribution in [0.25, 0.3) is 0 Å². The van der Waals surface area contributed by atoms with E-state index in [0.717, 1.165) is 23.4 Å². The SMILES string of the molecule is Cc1ccc(CN(C)c2ccc(C)cc2C(=N)N)cc1. The zero-order chi connectivity index (χ0) is 14.7. The van der Waals surface area contributed by atoms with Crippen molar-refractivity contribution in [3.8, 4) is 0 Å². The molecule has 0 radical (unpaired) electrons. The van der Waals surface area contributed by atoms with Gasteiger partial charge in [0, 0.05) is 24.8 Å². The van der Waals surface area contributed by atoms with Crippen LogP contribution < -0.4 is 10.6 Å². The van der Waals surface area contributed by atoms with Gasteiger partial charge in [-0.2, -0.15) is 0 Å². The van der Waals surface area contributed by atoms with Crippen LogP contribution in [-0.4, -0.2) is 12.9 Å². The lowest BCUT2D eigenvalue weighted by Crippen LogP contribution is -2.22. The van der Waals surface area contributed by atoms with Crippen molar-refractivity contribution >= 4 is 11.5 Å². The Balaban J connectivity index is 2.27. The first-order valence-electron chi connectivity index (χ1n) is 6.69. The van der Waals surface area contributed by atoms with Crippen molar-refractivity contribution in [2.24, 2.45) is 5.73 Å². The number of aryl methyl sites for hydroxylation is 2. The molecular weight excluding hydrogens is 246 g/mol. The van der Waals surface area contributed by atoms with Crippen LogP contribution in [0.1, 0.15) is 22.3 Å². The normalized spacial score (nSPS) is 10.3. The van der Waals surface area contributed by atoms with Crippen LogP contribution in [0.2, 0.25) is 0 Å². The minimum absolute atomic E-state index is 0.111. The van der Waals surface area contributed by atoms with Gasteiger partial charge in [-0.05, 0) is 31.5 Å². The topological polar surface area (TPSA) is 53.1 Å². The maximum absolute atomic E-state index is 7.73. The van der Waals surface area contributed by atoms with Crippen LogP contribution in [0, 0.1) is 19.3 Å². The van der Waals surface area contributed by atoms with Gasteiger partial charge in [0.2, 0.25) is 0 Å². The molecule has 0 aromatic heterocycles. The number of nitrogens with one attached hydrogen (secondary N) is 1. The van der Waals surface area contributed by atoms with Crippen molar-refractivity contribution in [1.82, 2.24) is 0 Å². The van der Waals surface area contributed by atoms with Crippen molar-refractivity contribution in [3.63, 3.8) is 0 Å². The Kier molecular flexibility index (Phi) is 4.08. The lowest BCUT2D eigenvalue weighted by molar-refractivity contribution is 0.920. The third-order valence-electron chi connectivity index (χ3n) is 3.39. The van der Waals surface area contributed by atoms with Gasteiger partial charge in [-0.25, -0.2) is 0 Å². The number of nitrogens with two attached hydrogens (primary N) is 1. The molecule has 104 valence electrons. The summed E-state index contributed by atoms with van der Waals surface area (Å²) < 4.78 is 0. The second kappa shape index (κ2) is 5.78. The summed E-state index contributed by atoms with van der Waals surface area (Å²) in [5, 5.41) is 7.73. The van der Waals surface area contributed by atoms with E-state index in [9.17, 15) is 0 Å². The van der Waals surface area contributed by atoms with Crippen LogP contribution >= 0.6 is 0 Å². The number of nitrogens with zero attached hydrogens (tertiary/aromatic N) is 1. The molecule has 0 aliphatic carbocycles. The molecule has 0 atom stereocenters. The van der Waals surface area contributed by atoms with Crippen molar-refractivity contribution in [1.29, 1.82) is 5.41 Å². The minimum atomic E-state index is 0.111. The van der Waals surface area contributed by atoms with E-state index in [1.807, 2.05) is 32.2 Å². The molecule has 20 heavy (non-hydrogen) atoms. The average Bonchev–Trinajstić information content (AvgIpc) is 2.41. The standard InChI is InChI=1S/C17H21N3/c1-12-4-7-14(8-5-12)11-20(3)16-9-6-13(2)10-15(16)17(18)19/h4-10H,11H2,1-3H3,(H3,18,19). The monoisotopic (exact) mass is 267 g/mol. The van der Waals surface area contributed by atoms with Crippen molar-refractivity contribution in [2.45, 2.75) is 20.4 Å². The molecule has 0 aliphatic rings. The van der Waals surface area contributed by atoms with Crippen molar-refractivity contribution in [2.75, 3.05) is 11.9 Å². The highest BCUT2D eigenvalue weighted by Gasteiger charge is 2.10. The number of hydrogen-bond donors (Lipinski definition) is 2. The summed E-state index contributed by atoms with van der Waals surface area (Å²) in [4.78, 5) is 2.13. The molecule has 0 saturated carbocycles. The van der Waals surface area contributed by atoms with Crippen LogP contribution in [0.4, 0.5) is 5.69 Å². The first-order valence-corrected chi connectivity index (χ1v) is 6.69. The van der Waals surface area contributed by atoms with Crippen LogP contribution in [0.15, 0.2) is 42.5 Å². The number of amidine groups is 1. The molecule has 0 fully saturated rings. The van der Waals surface area contributed by atoms with Crippen LogP contribution in [-0.2, 0) is 6.54 Å². The predicted molar refractivity (Wildman–Crippen MR) is 85.5 cm³/mol. The Morgan fingerprint density at radius 2 is 1.65 bits per heavy atom. The number of nitrogen functional groups attached to an aromatic ring is 1. The fourth-order valence-corrected chi connectivity index (χ4v) is 2.25. The van der Waals surface area contributed by atoms with Crippen molar-refractivity contribution in [3.05, 3.63) is 64.7 Å². The molecule has 2 rings (SSSR count). The molecule has 3 heteroatoms. The maximum Gasteiger partial charge on any atom is 0.124 e. The minimum Gasteiger partial charge on any atom is -0.384 e. The molecule has 0 aliphatic heterocycles. The molecule has 0 unspecified atom stereocenters. The van der Waals surface area contributed by atoms with E-state index in [2.05, 4.69) is 36.1 Å². The number of hydrogen-bond acceptors (Lipinski definition) is 2. The lowest BCUT2D eigenvalue weighted by Gasteiger charge is -2.22. The fraction of sp³-hybridized carbons (Fsp3) is 0.235. The Hall–Kier alpha value is -2.29. The van der Waals surface area contributed by atoms with E-state index < -0.39 is 0 Å². The largest absolute Gasteiger partial charge is 0.384 e. The fourth-order valence-electron chi connectivity index (χ4n) is 2.25. The Bertz CT molecular complexity index is 615. The highest BCUT2D eigenvalue weighted by molar-refractivity contribution is 6.00. The molecule has 0 spiro atoms. The number of rotatable bonds is 4. The Morgan fingerprint density at radius 3 is 2.25 bits per heavy atom. The Labute approximate surface area is 120 Å². The summed E-state index contributed by atoms with van der Waals surface area (Å²) in [6, 6.07) is 14.5. The van der Waals surface area contributed by atoms with Crippen molar-refractivity contribution < 1.29 is 0 Å². The highest BCUT2D eigenvalue weighted by Crippen LogP contribution is 2.22. The number of benzene rings is 2. The van der Waals surface area contributed by atoms with Gasteiger partial charge >= 0.3 is 0 Å². The molecule has 0 amide bonds. The first kappa shape index (κ1) is 14.1. The van der Waals surface area contributed by atoms with Gasteiger partial charge in [0.1, 0.15) is 5.84 Å². The van der Waals surface area contributed by atoms with Crippen LogP contribution in [0.3, 0.4) is 0 Å². The molecule has 0 saturated heterocycles. The molecule has 3 nitrogen and oxygen atoms in total. The zero-order valence-corrected chi connectivity index (χ0v) is 12.3. The van der Waals surface area contributed by atoms with E-state index in [4.69, 9.17) is 11.1 Å². The van der Waals surface area contributed by atoms with Crippen LogP contribution in [0.5, 0.6) is 0 Å². The summed E-state index contributed by atoms with van der Waals surface area (Å²) in [5.41, 5.74) is 11.1. The second-order valence-electron chi connectivity index (χ2n) is 5.28. The van der Waals surface area contributed by atoms with E-state index in [0.29, 0.717) is 0 Å². The molecule has 2 aromatic rings. The highest BCUT2D eigenvalue weighted by atomic mass is 15.1. The molecule has 2 aromatic carbocycles. The third kappa shape index (κ3) is 3.18. The quantitative estimate of drug-likeness (QED) is 0.660. The smallest absolute Gasteiger partial charge is 0.124 e. The van der Waals surface area contributed by atoms with Gasteiger partial charge in [0.25, 0.3) is 0 Å². The van der Waals surface area contributed by atoms with Gasteiger partial charge in [-0.3, -0.25) is 5.41 Å². The van der Waals surface area contributed by atoms with E-state index in [-0.39, 0.29) is 5.84 Å². The summed E-state index contributed by atoms with van der Waals surface area (Å²) in [7, 11) is 2.02. The van der Waals surface area contributed by atoms with Gasteiger partial charge in [-0.1, -0.05) is 41.5 Å². The summed E-state index contributed by atoms with van der Waals surface area (Å²) in [5.74, 6) is 0.111. The summed E-state index contributed by atoms with van der Waals surface area (Å²) >= 11 is 0. The summed E-state index contributed by atoms with van der Waals surface area (Å²) in [6.45, 7) is 4.89. The molecular formula is C17H21N3. The number of anilines is 1. The predicted octanol–water partition coefficient (Wildman–Crippen LogP) is 3.22. The molecule has 0 heterocycles. The van der Waals surface area contributed by atoms with Gasteiger partial charge in [0.05, 0.1) is 0 Å².